The summed E-state index contributed by atoms with van der Waals surface area (Å²) in [4.78, 5) is 0. The Morgan fingerprint density at radius 3 is 2.90 bits per heavy atom. The molecule has 0 atom stereocenters. The number of H-pyrrole nitrogens is 1. The SMILES string of the molecule is Cc1[nH]nc2c1CCCC2. The zero-order valence-corrected chi connectivity index (χ0v) is 6.28. The molecule has 0 aromatic carbocycles. The van der Waals surface area contributed by atoms with Crippen molar-refractivity contribution < 1.29 is 0 Å². The number of hydrogen-bond donors (Lipinski definition) is 1. The minimum absolute atomic E-state index is 1.18. The molecule has 10 heavy (non-hydrogen) atoms. The van der Waals surface area contributed by atoms with Gasteiger partial charge >= 0.3 is 0 Å². The first kappa shape index (κ1) is 5.96. The first-order chi connectivity index (χ1) is 4.88. The molecule has 0 unspecified atom stereocenters. The summed E-state index contributed by atoms with van der Waals surface area (Å²) >= 11 is 0. The summed E-state index contributed by atoms with van der Waals surface area (Å²) in [5.74, 6) is 0. The van der Waals surface area contributed by atoms with E-state index in [9.17, 15) is 0 Å². The van der Waals surface area contributed by atoms with Crippen LogP contribution in [0.3, 0.4) is 0 Å². The molecular weight excluding hydrogens is 124 g/mol. The molecule has 0 saturated heterocycles. The highest BCUT2D eigenvalue weighted by molar-refractivity contribution is 5.26. The highest BCUT2D eigenvalue weighted by atomic mass is 15.1. The normalized spacial score (nSPS) is 16.9. The van der Waals surface area contributed by atoms with Crippen LogP contribution in [0.2, 0.25) is 0 Å². The molecule has 1 aromatic heterocycles. The Morgan fingerprint density at radius 1 is 1.30 bits per heavy atom. The van der Waals surface area contributed by atoms with Crippen LogP contribution in [0, 0.1) is 6.92 Å². The van der Waals surface area contributed by atoms with E-state index in [1.807, 2.05) is 0 Å². The number of fused-ring (bicyclic) bond motifs is 1. The lowest BCUT2D eigenvalue weighted by molar-refractivity contribution is 0.673. The summed E-state index contributed by atoms with van der Waals surface area (Å²) < 4.78 is 0. The van der Waals surface area contributed by atoms with Crippen molar-refractivity contribution in [2.24, 2.45) is 0 Å². The van der Waals surface area contributed by atoms with Gasteiger partial charge in [0, 0.05) is 5.69 Å². The lowest BCUT2D eigenvalue weighted by atomic mass is 9.96. The van der Waals surface area contributed by atoms with Crippen LogP contribution in [-0.2, 0) is 12.8 Å². The minimum Gasteiger partial charge on any atom is -0.282 e. The molecule has 2 rings (SSSR count). The molecule has 1 heterocycles. The van der Waals surface area contributed by atoms with E-state index in [0.717, 1.165) is 0 Å². The van der Waals surface area contributed by atoms with Crippen LogP contribution in [0.5, 0.6) is 0 Å². The van der Waals surface area contributed by atoms with Crippen molar-refractivity contribution in [3.8, 4) is 0 Å². The predicted molar refractivity (Wildman–Crippen MR) is 40.0 cm³/mol. The number of nitrogens with zero attached hydrogens (tertiary/aromatic N) is 1. The molecule has 0 saturated carbocycles. The fourth-order valence-electron chi connectivity index (χ4n) is 1.64. The topological polar surface area (TPSA) is 28.7 Å². The minimum atomic E-state index is 1.18. The second-order valence-electron chi connectivity index (χ2n) is 2.98. The number of nitrogens with one attached hydrogen (secondary N) is 1. The van der Waals surface area contributed by atoms with Gasteiger partial charge in [0.15, 0.2) is 0 Å². The third-order valence-electron chi connectivity index (χ3n) is 2.25. The molecule has 1 N–H and O–H groups in total. The van der Waals surface area contributed by atoms with Gasteiger partial charge in [0.05, 0.1) is 5.69 Å². The van der Waals surface area contributed by atoms with Gasteiger partial charge in [-0.05, 0) is 38.2 Å². The average Bonchev–Trinajstić information content (AvgIpc) is 2.34. The third kappa shape index (κ3) is 0.753. The fourth-order valence-corrected chi connectivity index (χ4v) is 1.64. The number of aromatic nitrogens is 2. The second-order valence-corrected chi connectivity index (χ2v) is 2.98. The van der Waals surface area contributed by atoms with Gasteiger partial charge in [-0.2, -0.15) is 5.10 Å². The van der Waals surface area contributed by atoms with Crippen LogP contribution in [-0.4, -0.2) is 10.2 Å². The summed E-state index contributed by atoms with van der Waals surface area (Å²) in [6.07, 6.45) is 5.07. The smallest absolute Gasteiger partial charge is 0.0656 e. The fraction of sp³-hybridized carbons (Fsp3) is 0.625. The Kier molecular flexibility index (Phi) is 1.26. The molecular formula is C8H12N2. The molecule has 0 amide bonds. The first-order valence-corrected chi connectivity index (χ1v) is 3.90. The van der Waals surface area contributed by atoms with Crippen LogP contribution in [0.25, 0.3) is 0 Å². The summed E-state index contributed by atoms with van der Waals surface area (Å²) in [7, 11) is 0. The van der Waals surface area contributed by atoms with Crippen molar-refractivity contribution in [2.45, 2.75) is 32.6 Å². The van der Waals surface area contributed by atoms with Crippen molar-refractivity contribution in [1.29, 1.82) is 0 Å². The molecule has 0 radical (unpaired) electrons. The van der Waals surface area contributed by atoms with Crippen molar-refractivity contribution >= 4 is 0 Å². The van der Waals surface area contributed by atoms with Crippen LogP contribution >= 0.6 is 0 Å². The van der Waals surface area contributed by atoms with Crippen molar-refractivity contribution in [2.75, 3.05) is 0 Å². The van der Waals surface area contributed by atoms with E-state index in [1.54, 1.807) is 0 Å². The first-order valence-electron chi connectivity index (χ1n) is 3.90. The van der Waals surface area contributed by atoms with E-state index in [4.69, 9.17) is 0 Å². The Balaban J connectivity index is 2.45. The summed E-state index contributed by atoms with van der Waals surface area (Å²) in [5, 5.41) is 7.26. The van der Waals surface area contributed by atoms with Gasteiger partial charge in [-0.3, -0.25) is 5.10 Å². The van der Waals surface area contributed by atoms with E-state index in [0.29, 0.717) is 0 Å². The van der Waals surface area contributed by atoms with Gasteiger partial charge < -0.3 is 0 Å². The average molecular weight is 136 g/mol. The molecule has 1 aliphatic carbocycles. The van der Waals surface area contributed by atoms with Gasteiger partial charge in [0.25, 0.3) is 0 Å². The van der Waals surface area contributed by atoms with Gasteiger partial charge in [-0.25, -0.2) is 0 Å². The number of aryl methyl sites for hydroxylation is 2. The quantitative estimate of drug-likeness (QED) is 0.576. The predicted octanol–water partition coefficient (Wildman–Crippen LogP) is 1.60. The molecule has 0 fully saturated rings. The van der Waals surface area contributed by atoms with Gasteiger partial charge in [0.1, 0.15) is 0 Å². The van der Waals surface area contributed by atoms with Crippen molar-refractivity contribution in [3.63, 3.8) is 0 Å². The second kappa shape index (κ2) is 2.11. The summed E-state index contributed by atoms with van der Waals surface area (Å²) in [5.41, 5.74) is 4.06. The number of hydrogen-bond acceptors (Lipinski definition) is 1. The van der Waals surface area contributed by atoms with Crippen LogP contribution in [0.4, 0.5) is 0 Å². The molecule has 2 heteroatoms. The zero-order chi connectivity index (χ0) is 6.97. The number of aromatic amines is 1. The van der Waals surface area contributed by atoms with Crippen LogP contribution in [0.1, 0.15) is 29.8 Å². The van der Waals surface area contributed by atoms with Crippen LogP contribution in [0.15, 0.2) is 0 Å². The maximum atomic E-state index is 4.23. The van der Waals surface area contributed by atoms with Crippen molar-refractivity contribution in [3.05, 3.63) is 17.0 Å². The Labute approximate surface area is 60.6 Å². The van der Waals surface area contributed by atoms with E-state index in [-0.39, 0.29) is 0 Å². The molecule has 0 spiro atoms. The molecule has 2 nitrogen and oxygen atoms in total. The number of rotatable bonds is 0. The Hall–Kier alpha value is -0.790. The monoisotopic (exact) mass is 136 g/mol. The lowest BCUT2D eigenvalue weighted by Crippen LogP contribution is -2.00. The maximum Gasteiger partial charge on any atom is 0.0656 e. The van der Waals surface area contributed by atoms with Crippen molar-refractivity contribution in [1.82, 2.24) is 10.2 Å². The highest BCUT2D eigenvalue weighted by Gasteiger charge is 2.13. The van der Waals surface area contributed by atoms with Gasteiger partial charge in [-0.15, -0.1) is 0 Å². The van der Waals surface area contributed by atoms with Gasteiger partial charge in [-0.1, -0.05) is 0 Å². The standard InChI is InChI=1S/C8H12N2/c1-6-7-4-2-3-5-8(7)10-9-6/h2-5H2,1H3,(H,9,10). The molecule has 0 bridgehead atoms. The molecule has 54 valence electrons. The molecule has 1 aliphatic rings. The third-order valence-corrected chi connectivity index (χ3v) is 2.25. The largest absolute Gasteiger partial charge is 0.282 e. The van der Waals surface area contributed by atoms with E-state index in [2.05, 4.69) is 17.1 Å². The zero-order valence-electron chi connectivity index (χ0n) is 6.28. The summed E-state index contributed by atoms with van der Waals surface area (Å²) in [6.45, 7) is 2.11. The molecule has 1 aromatic rings. The molecule has 0 aliphatic heterocycles. The maximum absolute atomic E-state index is 4.23. The highest BCUT2D eigenvalue weighted by Crippen LogP contribution is 2.20. The Bertz CT molecular complexity index is 237. The van der Waals surface area contributed by atoms with Crippen LogP contribution < -0.4 is 0 Å². The van der Waals surface area contributed by atoms with Gasteiger partial charge in [0.2, 0.25) is 0 Å². The van der Waals surface area contributed by atoms with E-state index >= 15 is 0 Å². The van der Waals surface area contributed by atoms with E-state index in [1.165, 1.54) is 42.6 Å². The van der Waals surface area contributed by atoms with E-state index < -0.39 is 0 Å². The Morgan fingerprint density at radius 2 is 2.10 bits per heavy atom. The lowest BCUT2D eigenvalue weighted by Gasteiger charge is -2.08. The summed E-state index contributed by atoms with van der Waals surface area (Å²) in [6, 6.07) is 0.